The van der Waals surface area contributed by atoms with Crippen molar-refractivity contribution in [2.45, 2.75) is 96.9 Å². The second kappa shape index (κ2) is 14.1. The van der Waals surface area contributed by atoms with Gasteiger partial charge in [0.05, 0.1) is 6.42 Å². The number of benzene rings is 1. The number of carboxylic acids is 1. The summed E-state index contributed by atoms with van der Waals surface area (Å²) in [6, 6.07) is 1.85. The molecule has 1 aromatic carbocycles. The number of amides is 5. The van der Waals surface area contributed by atoms with E-state index in [4.69, 9.17) is 0 Å². The molecule has 244 valence electrons. The van der Waals surface area contributed by atoms with Gasteiger partial charge in [-0.2, -0.15) is 0 Å². The molecule has 45 heavy (non-hydrogen) atoms. The van der Waals surface area contributed by atoms with Crippen molar-refractivity contribution in [3.8, 4) is 0 Å². The molecule has 0 unspecified atom stereocenters. The highest BCUT2D eigenvalue weighted by atomic mass is 16.4. The number of carbonyl (C=O) groups is 6. The van der Waals surface area contributed by atoms with Crippen LogP contribution in [-0.4, -0.2) is 87.2 Å². The first kappa shape index (κ1) is 33.5. The number of aromatic amines is 1. The van der Waals surface area contributed by atoms with Crippen molar-refractivity contribution in [1.82, 2.24) is 31.2 Å². The van der Waals surface area contributed by atoms with Gasteiger partial charge < -0.3 is 36.3 Å². The van der Waals surface area contributed by atoms with Gasteiger partial charge in [-0.25, -0.2) is 0 Å². The van der Waals surface area contributed by atoms with Gasteiger partial charge in [0.2, 0.25) is 29.5 Å². The number of hydrogen-bond donors (Lipinski definition) is 6. The van der Waals surface area contributed by atoms with Crippen molar-refractivity contribution in [2.75, 3.05) is 6.54 Å². The predicted molar refractivity (Wildman–Crippen MR) is 166 cm³/mol. The topological polar surface area (TPSA) is 190 Å². The second-order valence-electron chi connectivity index (χ2n) is 12.8. The van der Waals surface area contributed by atoms with E-state index in [0.717, 1.165) is 22.2 Å². The molecule has 4 rings (SSSR count). The minimum Gasteiger partial charge on any atom is -0.481 e. The Balaban J connectivity index is 1.79. The fraction of sp³-hybridized carbons (Fsp3) is 0.562. The van der Waals surface area contributed by atoms with E-state index >= 15 is 0 Å². The molecule has 6 N–H and O–H groups in total. The maximum Gasteiger partial charge on any atom is 0.305 e. The van der Waals surface area contributed by atoms with Crippen molar-refractivity contribution in [2.24, 2.45) is 11.8 Å². The van der Waals surface area contributed by atoms with E-state index in [1.165, 1.54) is 4.90 Å². The molecule has 5 amide bonds. The molecule has 0 saturated carbocycles. The minimum absolute atomic E-state index is 0.0111. The first-order valence-corrected chi connectivity index (χ1v) is 15.6. The fourth-order valence-corrected chi connectivity index (χ4v) is 6.18. The summed E-state index contributed by atoms with van der Waals surface area (Å²) in [7, 11) is 0. The first-order valence-electron chi connectivity index (χ1n) is 15.6. The summed E-state index contributed by atoms with van der Waals surface area (Å²) >= 11 is 0. The van der Waals surface area contributed by atoms with Crippen LogP contribution in [-0.2, 0) is 35.2 Å². The molecule has 2 aliphatic rings. The Hall–Kier alpha value is -4.42. The summed E-state index contributed by atoms with van der Waals surface area (Å²) < 4.78 is 0. The summed E-state index contributed by atoms with van der Waals surface area (Å²) in [6.45, 7) is 9.36. The number of carboxylic acid groups (broad SMARTS) is 1. The highest BCUT2D eigenvalue weighted by Crippen LogP contribution is 2.24. The fourth-order valence-electron chi connectivity index (χ4n) is 6.18. The van der Waals surface area contributed by atoms with Crippen LogP contribution in [0.5, 0.6) is 0 Å². The average molecular weight is 625 g/mol. The van der Waals surface area contributed by atoms with Crippen LogP contribution in [0.2, 0.25) is 0 Å². The van der Waals surface area contributed by atoms with E-state index in [-0.39, 0.29) is 31.2 Å². The van der Waals surface area contributed by atoms with Crippen LogP contribution < -0.4 is 21.3 Å². The van der Waals surface area contributed by atoms with Crippen molar-refractivity contribution >= 4 is 46.4 Å². The van der Waals surface area contributed by atoms with Gasteiger partial charge in [0, 0.05) is 29.6 Å². The molecule has 0 radical (unpaired) electrons. The van der Waals surface area contributed by atoms with Crippen LogP contribution in [0.4, 0.5) is 0 Å². The van der Waals surface area contributed by atoms with E-state index in [0.29, 0.717) is 12.8 Å². The number of nitrogens with zero attached hydrogens (tertiary/aromatic N) is 1. The molecule has 13 nitrogen and oxygen atoms in total. The third-order valence-electron chi connectivity index (χ3n) is 8.49. The molecule has 3 heterocycles. The predicted octanol–water partition coefficient (Wildman–Crippen LogP) is 1.14. The maximum atomic E-state index is 13.9. The first-order chi connectivity index (χ1) is 21.3. The van der Waals surface area contributed by atoms with Crippen LogP contribution >= 0.6 is 0 Å². The molecule has 5 atom stereocenters. The summed E-state index contributed by atoms with van der Waals surface area (Å²) in [5, 5.41) is 21.4. The SMILES string of the molecule is Cc1[nH]c2ccccc2c1C[C@@H]1NC(=O)[C@H](CC(C)C)NC(=O)[C@@H](C(C)C)NC(=O)[C@@H]2CCCN2C(=O)[C@@H](CC(=O)O)NC1=O. The number of aliphatic carboxylic acids is 1. The van der Waals surface area contributed by atoms with Crippen molar-refractivity contribution in [3.05, 3.63) is 35.5 Å². The van der Waals surface area contributed by atoms with Gasteiger partial charge in [0.15, 0.2) is 0 Å². The van der Waals surface area contributed by atoms with E-state index in [9.17, 15) is 33.9 Å². The zero-order valence-corrected chi connectivity index (χ0v) is 26.4. The quantitative estimate of drug-likeness (QED) is 0.266. The number of H-pyrrole nitrogens is 1. The molecule has 2 aliphatic heterocycles. The molecule has 0 bridgehead atoms. The van der Waals surface area contributed by atoms with Crippen LogP contribution in [0.15, 0.2) is 24.3 Å². The van der Waals surface area contributed by atoms with Crippen molar-refractivity contribution < 1.29 is 33.9 Å². The third-order valence-corrected chi connectivity index (χ3v) is 8.49. The van der Waals surface area contributed by atoms with Gasteiger partial charge >= 0.3 is 5.97 Å². The lowest BCUT2D eigenvalue weighted by atomic mass is 9.98. The molecule has 0 spiro atoms. The van der Waals surface area contributed by atoms with Gasteiger partial charge in [-0.1, -0.05) is 45.9 Å². The Labute approximate surface area is 262 Å². The monoisotopic (exact) mass is 624 g/mol. The Bertz CT molecular complexity index is 1470. The number of hydrogen-bond acceptors (Lipinski definition) is 6. The normalized spacial score (nSPS) is 25.4. The van der Waals surface area contributed by atoms with E-state index in [1.54, 1.807) is 13.8 Å². The molecule has 0 aliphatic carbocycles. The van der Waals surface area contributed by atoms with Crippen molar-refractivity contribution in [3.63, 3.8) is 0 Å². The molecule has 2 fully saturated rings. The standard InChI is InChI=1S/C32H44N6O7/c1-16(2)13-22-28(41)34-23(14-20-18(5)33-21-10-7-6-9-19(20)21)29(42)36-24(15-26(39)40)32(45)38-12-8-11-25(38)30(43)37-27(17(3)4)31(44)35-22/h6-7,9-10,16-17,22-25,27,33H,8,11-15H2,1-5H3,(H,34,41)(H,35,44)(H,36,42)(H,37,43)(H,39,40)/t22-,23-,24+,25-,27+/m0/s1. The average Bonchev–Trinajstić information content (AvgIpc) is 3.57. The Morgan fingerprint density at radius 3 is 2.20 bits per heavy atom. The number of nitrogens with one attached hydrogen (secondary N) is 5. The van der Waals surface area contributed by atoms with E-state index in [2.05, 4.69) is 26.3 Å². The Kier molecular flexibility index (Phi) is 10.5. The molecule has 2 saturated heterocycles. The Morgan fingerprint density at radius 1 is 0.889 bits per heavy atom. The summed E-state index contributed by atoms with van der Waals surface area (Å²) in [6.07, 6.45) is 0.381. The van der Waals surface area contributed by atoms with E-state index in [1.807, 2.05) is 45.0 Å². The van der Waals surface area contributed by atoms with Gasteiger partial charge in [0.25, 0.3) is 0 Å². The lowest BCUT2D eigenvalue weighted by Crippen LogP contribution is -2.59. The van der Waals surface area contributed by atoms with Gasteiger partial charge in [0.1, 0.15) is 30.2 Å². The smallest absolute Gasteiger partial charge is 0.305 e. The highest BCUT2D eigenvalue weighted by Gasteiger charge is 2.41. The molecular weight excluding hydrogens is 580 g/mol. The zero-order valence-electron chi connectivity index (χ0n) is 26.4. The zero-order chi connectivity index (χ0) is 33.0. The number of para-hydroxylation sites is 1. The van der Waals surface area contributed by atoms with Crippen LogP contribution in [0.3, 0.4) is 0 Å². The number of rotatable bonds is 7. The van der Waals surface area contributed by atoms with Crippen LogP contribution in [0.1, 0.15) is 64.6 Å². The number of fused-ring (bicyclic) bond motifs is 2. The molecule has 13 heteroatoms. The second-order valence-corrected chi connectivity index (χ2v) is 12.8. The Morgan fingerprint density at radius 2 is 1.53 bits per heavy atom. The van der Waals surface area contributed by atoms with Crippen molar-refractivity contribution in [1.29, 1.82) is 0 Å². The summed E-state index contributed by atoms with van der Waals surface area (Å²) in [5.74, 6) is -4.86. The van der Waals surface area contributed by atoms with Crippen LogP contribution in [0, 0.1) is 18.8 Å². The van der Waals surface area contributed by atoms with Gasteiger partial charge in [-0.3, -0.25) is 28.8 Å². The highest BCUT2D eigenvalue weighted by molar-refractivity contribution is 5.99. The number of aryl methyl sites for hydroxylation is 1. The largest absolute Gasteiger partial charge is 0.481 e. The van der Waals surface area contributed by atoms with Gasteiger partial charge in [-0.15, -0.1) is 0 Å². The number of aromatic nitrogens is 1. The maximum absolute atomic E-state index is 13.9. The molecule has 1 aromatic heterocycles. The molecule has 2 aromatic rings. The summed E-state index contributed by atoms with van der Waals surface area (Å²) in [4.78, 5) is 84.9. The lowest BCUT2D eigenvalue weighted by Gasteiger charge is -2.30. The van der Waals surface area contributed by atoms with Gasteiger partial charge in [-0.05, 0) is 49.7 Å². The van der Waals surface area contributed by atoms with Crippen LogP contribution in [0.25, 0.3) is 10.9 Å². The van der Waals surface area contributed by atoms with E-state index < -0.39 is 72.1 Å². The number of carbonyl (C=O) groups excluding carboxylic acids is 5. The summed E-state index contributed by atoms with van der Waals surface area (Å²) in [5.41, 5.74) is 2.39. The third kappa shape index (κ3) is 7.81. The molecular formula is C32H44N6O7. The lowest BCUT2D eigenvalue weighted by molar-refractivity contribution is -0.146. The minimum atomic E-state index is -1.48.